The van der Waals surface area contributed by atoms with Gasteiger partial charge in [0.2, 0.25) is 0 Å². The molecule has 19 heavy (non-hydrogen) atoms. The number of benzene rings is 2. The lowest BCUT2D eigenvalue weighted by molar-refractivity contribution is 0.624. The van der Waals surface area contributed by atoms with Crippen molar-refractivity contribution in [1.82, 2.24) is 0 Å². The van der Waals surface area contributed by atoms with Crippen LogP contribution in [0.15, 0.2) is 39.3 Å². The van der Waals surface area contributed by atoms with Crippen LogP contribution in [0.1, 0.15) is 5.56 Å². The van der Waals surface area contributed by atoms with Gasteiger partial charge in [0, 0.05) is 10.2 Å². The van der Waals surface area contributed by atoms with E-state index in [0.717, 1.165) is 4.47 Å². The molecular weight excluding hydrogens is 398 g/mol. The zero-order chi connectivity index (χ0) is 14.0. The highest BCUT2D eigenvalue weighted by Crippen LogP contribution is 2.31. The minimum atomic E-state index is -0.516. The molecule has 0 saturated heterocycles. The molecular formula is C13H6Br2ClFN2. The normalized spacial score (nSPS) is 10.1. The third-order valence-electron chi connectivity index (χ3n) is 2.40. The van der Waals surface area contributed by atoms with E-state index in [1.54, 1.807) is 18.2 Å². The quantitative estimate of drug-likeness (QED) is 0.705. The predicted octanol–water partition coefficient (Wildman–Crippen LogP) is 5.62. The molecule has 96 valence electrons. The second kappa shape index (κ2) is 5.91. The minimum Gasteiger partial charge on any atom is -0.353 e. The largest absolute Gasteiger partial charge is 0.353 e. The fourth-order valence-corrected chi connectivity index (χ4v) is 2.32. The second-order valence-electron chi connectivity index (χ2n) is 3.65. The smallest absolute Gasteiger partial charge is 0.162 e. The van der Waals surface area contributed by atoms with Crippen LogP contribution in [0, 0.1) is 17.1 Å². The highest BCUT2D eigenvalue weighted by molar-refractivity contribution is 9.10. The first-order valence-electron chi connectivity index (χ1n) is 5.13. The van der Waals surface area contributed by atoms with Gasteiger partial charge in [-0.05, 0) is 62.2 Å². The highest BCUT2D eigenvalue weighted by Gasteiger charge is 2.11. The maximum atomic E-state index is 14.0. The predicted molar refractivity (Wildman–Crippen MR) is 81.2 cm³/mol. The van der Waals surface area contributed by atoms with Gasteiger partial charge < -0.3 is 5.32 Å². The zero-order valence-corrected chi connectivity index (χ0v) is 13.3. The molecule has 2 nitrogen and oxygen atoms in total. The van der Waals surface area contributed by atoms with Gasteiger partial charge in [0.05, 0.1) is 20.7 Å². The summed E-state index contributed by atoms with van der Waals surface area (Å²) in [7, 11) is 0. The summed E-state index contributed by atoms with van der Waals surface area (Å²) in [6, 6.07) is 10.2. The molecule has 0 amide bonds. The molecule has 0 radical (unpaired) electrons. The van der Waals surface area contributed by atoms with Crippen molar-refractivity contribution in [3.63, 3.8) is 0 Å². The number of nitriles is 1. The molecule has 0 aliphatic heterocycles. The summed E-state index contributed by atoms with van der Waals surface area (Å²) in [4.78, 5) is 0. The van der Waals surface area contributed by atoms with Crippen LogP contribution in [0.25, 0.3) is 0 Å². The lowest BCUT2D eigenvalue weighted by Crippen LogP contribution is -1.96. The summed E-state index contributed by atoms with van der Waals surface area (Å²) >= 11 is 12.3. The average Bonchev–Trinajstić information content (AvgIpc) is 2.40. The van der Waals surface area contributed by atoms with E-state index in [1.165, 1.54) is 12.1 Å². The summed E-state index contributed by atoms with van der Waals surface area (Å²) in [5.74, 6) is -0.516. The number of rotatable bonds is 2. The molecule has 0 atom stereocenters. The first kappa shape index (κ1) is 14.3. The van der Waals surface area contributed by atoms with Crippen molar-refractivity contribution in [3.8, 4) is 6.07 Å². The number of hydrogen-bond acceptors (Lipinski definition) is 2. The van der Waals surface area contributed by atoms with Gasteiger partial charge in [-0.3, -0.25) is 0 Å². The van der Waals surface area contributed by atoms with E-state index in [9.17, 15) is 4.39 Å². The van der Waals surface area contributed by atoms with Crippen LogP contribution in [0.5, 0.6) is 0 Å². The molecule has 0 aromatic heterocycles. The first-order valence-corrected chi connectivity index (χ1v) is 7.09. The molecule has 0 spiro atoms. The Labute approximate surface area is 131 Å². The Balaban J connectivity index is 2.36. The van der Waals surface area contributed by atoms with Crippen LogP contribution in [-0.4, -0.2) is 0 Å². The Morgan fingerprint density at radius 2 is 1.95 bits per heavy atom. The standard InChI is InChI=1S/C13H6Br2ClFN2/c14-9-3-2-8(5-10(9)16)19-11-4-1-7(6-18)12(15)13(11)17/h1-5,19H. The SMILES string of the molecule is N#Cc1ccc(Nc2ccc(Br)c(Cl)c2)c(F)c1Br. The second-order valence-corrected chi connectivity index (χ2v) is 5.71. The van der Waals surface area contributed by atoms with E-state index in [1.807, 2.05) is 6.07 Å². The van der Waals surface area contributed by atoms with Gasteiger partial charge in [-0.15, -0.1) is 0 Å². The zero-order valence-electron chi connectivity index (χ0n) is 9.35. The first-order chi connectivity index (χ1) is 9.02. The topological polar surface area (TPSA) is 35.8 Å². The van der Waals surface area contributed by atoms with Crippen LogP contribution < -0.4 is 5.32 Å². The summed E-state index contributed by atoms with van der Waals surface area (Å²) in [5.41, 5.74) is 1.17. The lowest BCUT2D eigenvalue weighted by Gasteiger charge is -2.10. The maximum absolute atomic E-state index is 14.0. The van der Waals surface area contributed by atoms with Gasteiger partial charge in [0.15, 0.2) is 5.82 Å². The molecule has 6 heteroatoms. The number of halogens is 4. The Hall–Kier alpha value is -1.09. The molecule has 0 unspecified atom stereocenters. The number of nitrogens with one attached hydrogen (secondary N) is 1. The minimum absolute atomic E-state index is 0.142. The van der Waals surface area contributed by atoms with Crippen molar-refractivity contribution in [1.29, 1.82) is 5.26 Å². The third-order valence-corrected chi connectivity index (χ3v) is 4.41. The highest BCUT2D eigenvalue weighted by atomic mass is 79.9. The molecule has 0 bridgehead atoms. The van der Waals surface area contributed by atoms with Gasteiger partial charge in [-0.25, -0.2) is 4.39 Å². The van der Waals surface area contributed by atoms with E-state index in [4.69, 9.17) is 16.9 Å². The van der Waals surface area contributed by atoms with Crippen molar-refractivity contribution in [2.75, 3.05) is 5.32 Å². The summed E-state index contributed by atoms with van der Waals surface area (Å²) in [6.45, 7) is 0. The van der Waals surface area contributed by atoms with E-state index >= 15 is 0 Å². The van der Waals surface area contributed by atoms with Crippen molar-refractivity contribution in [3.05, 3.63) is 55.7 Å². The Morgan fingerprint density at radius 1 is 1.21 bits per heavy atom. The van der Waals surface area contributed by atoms with Crippen molar-refractivity contribution in [2.45, 2.75) is 0 Å². The summed E-state index contributed by atoms with van der Waals surface area (Å²) < 4.78 is 14.9. The molecule has 2 rings (SSSR count). The van der Waals surface area contributed by atoms with Gasteiger partial charge in [-0.1, -0.05) is 11.6 Å². The Morgan fingerprint density at radius 3 is 2.58 bits per heavy atom. The van der Waals surface area contributed by atoms with Gasteiger partial charge in [-0.2, -0.15) is 5.26 Å². The molecule has 0 fully saturated rings. The summed E-state index contributed by atoms with van der Waals surface area (Å²) in [5, 5.41) is 12.2. The lowest BCUT2D eigenvalue weighted by atomic mass is 10.2. The number of hydrogen-bond donors (Lipinski definition) is 1. The van der Waals surface area contributed by atoms with Crippen molar-refractivity contribution in [2.24, 2.45) is 0 Å². The van der Waals surface area contributed by atoms with Gasteiger partial charge in [0.25, 0.3) is 0 Å². The van der Waals surface area contributed by atoms with Gasteiger partial charge in [0.1, 0.15) is 6.07 Å². The molecule has 0 saturated carbocycles. The van der Waals surface area contributed by atoms with Crippen LogP contribution in [-0.2, 0) is 0 Å². The molecule has 0 aliphatic carbocycles. The Kier molecular flexibility index (Phi) is 4.46. The maximum Gasteiger partial charge on any atom is 0.162 e. The monoisotopic (exact) mass is 402 g/mol. The third kappa shape index (κ3) is 3.08. The molecule has 0 heterocycles. The van der Waals surface area contributed by atoms with Crippen molar-refractivity contribution < 1.29 is 4.39 Å². The molecule has 0 aliphatic rings. The fraction of sp³-hybridized carbons (Fsp3) is 0. The van der Waals surface area contributed by atoms with Gasteiger partial charge >= 0.3 is 0 Å². The average molecular weight is 404 g/mol. The van der Waals surface area contributed by atoms with Crippen LogP contribution in [0.3, 0.4) is 0 Å². The number of nitrogens with zero attached hydrogens (tertiary/aromatic N) is 1. The van der Waals surface area contributed by atoms with Crippen LogP contribution in [0.2, 0.25) is 5.02 Å². The molecule has 2 aromatic carbocycles. The van der Waals surface area contributed by atoms with Crippen LogP contribution >= 0.6 is 43.5 Å². The Bertz CT molecular complexity index is 683. The molecule has 2 aromatic rings. The fourth-order valence-electron chi connectivity index (χ4n) is 1.46. The number of anilines is 2. The van der Waals surface area contributed by atoms with E-state index < -0.39 is 5.82 Å². The van der Waals surface area contributed by atoms with E-state index in [-0.39, 0.29) is 15.7 Å². The summed E-state index contributed by atoms with van der Waals surface area (Å²) in [6.07, 6.45) is 0. The van der Waals surface area contributed by atoms with E-state index in [2.05, 4.69) is 37.2 Å². The van der Waals surface area contributed by atoms with Crippen molar-refractivity contribution >= 4 is 54.8 Å². The van der Waals surface area contributed by atoms with Crippen LogP contribution in [0.4, 0.5) is 15.8 Å². The van der Waals surface area contributed by atoms with E-state index in [0.29, 0.717) is 10.7 Å². The molecule has 1 N–H and O–H groups in total.